The molecule has 2 heterocycles. The fraction of sp³-hybridized carbons (Fsp3) is 0.350. The monoisotopic (exact) mass is 385 g/mol. The van der Waals surface area contributed by atoms with Crippen LogP contribution in [0, 0.1) is 0 Å². The molecular formula is C20H23N3O3S. The molecule has 2 amide bonds. The van der Waals surface area contributed by atoms with Crippen molar-refractivity contribution >= 4 is 29.3 Å². The Morgan fingerprint density at radius 3 is 3.00 bits per heavy atom. The molecule has 0 bridgehead atoms. The lowest BCUT2D eigenvalue weighted by molar-refractivity contribution is -0.132. The van der Waals surface area contributed by atoms with Gasteiger partial charge in [-0.25, -0.2) is 0 Å². The molecular weight excluding hydrogens is 362 g/mol. The van der Waals surface area contributed by atoms with E-state index in [1.807, 2.05) is 41.3 Å². The van der Waals surface area contributed by atoms with Gasteiger partial charge in [0.05, 0.1) is 12.3 Å². The summed E-state index contributed by atoms with van der Waals surface area (Å²) in [6, 6.07) is 13.1. The topological polar surface area (TPSA) is 71.5 Å². The molecule has 1 atom stereocenters. The first kappa shape index (κ1) is 19.2. The maximum Gasteiger partial charge on any atom is 0.224 e. The Kier molecular flexibility index (Phi) is 6.70. The van der Waals surface area contributed by atoms with Crippen LogP contribution in [0.5, 0.6) is 5.75 Å². The minimum absolute atomic E-state index is 0.0319. The number of rotatable bonds is 7. The second-order valence-corrected chi connectivity index (χ2v) is 7.41. The van der Waals surface area contributed by atoms with Crippen LogP contribution in [-0.4, -0.2) is 40.6 Å². The van der Waals surface area contributed by atoms with Gasteiger partial charge in [-0.1, -0.05) is 12.1 Å². The Labute approximate surface area is 163 Å². The summed E-state index contributed by atoms with van der Waals surface area (Å²) >= 11 is 1.75. The number of amides is 2. The first-order chi connectivity index (χ1) is 13.1. The van der Waals surface area contributed by atoms with Gasteiger partial charge in [-0.05, 0) is 30.7 Å². The predicted molar refractivity (Wildman–Crippen MR) is 107 cm³/mol. The van der Waals surface area contributed by atoms with Gasteiger partial charge in [-0.2, -0.15) is 0 Å². The van der Waals surface area contributed by atoms with E-state index in [0.29, 0.717) is 31.0 Å². The van der Waals surface area contributed by atoms with Crippen LogP contribution in [0.2, 0.25) is 0 Å². The third-order valence-corrected chi connectivity index (χ3v) is 5.35. The molecule has 1 aromatic heterocycles. The van der Waals surface area contributed by atoms with E-state index in [-0.39, 0.29) is 17.2 Å². The second kappa shape index (κ2) is 9.41. The van der Waals surface area contributed by atoms with Gasteiger partial charge in [-0.15, -0.1) is 11.8 Å². The highest BCUT2D eigenvalue weighted by atomic mass is 32.2. The van der Waals surface area contributed by atoms with Crippen molar-refractivity contribution < 1.29 is 14.3 Å². The van der Waals surface area contributed by atoms with E-state index < -0.39 is 0 Å². The number of ether oxygens (including phenoxy) is 1. The molecule has 0 spiro atoms. The van der Waals surface area contributed by atoms with Crippen molar-refractivity contribution in [2.24, 2.45) is 0 Å². The van der Waals surface area contributed by atoms with Crippen molar-refractivity contribution in [3.63, 3.8) is 0 Å². The number of hydrogen-bond acceptors (Lipinski definition) is 5. The van der Waals surface area contributed by atoms with Crippen LogP contribution in [0.4, 0.5) is 5.69 Å². The average molecular weight is 385 g/mol. The van der Waals surface area contributed by atoms with Crippen LogP contribution in [0.1, 0.15) is 30.8 Å². The molecule has 0 saturated carbocycles. The highest BCUT2D eigenvalue weighted by Gasteiger charge is 2.30. The predicted octanol–water partition coefficient (Wildman–Crippen LogP) is 3.47. The summed E-state index contributed by atoms with van der Waals surface area (Å²) in [5.74, 6) is 1.57. The molecule has 1 aliphatic heterocycles. The van der Waals surface area contributed by atoms with E-state index in [2.05, 4.69) is 10.3 Å². The second-order valence-electron chi connectivity index (χ2n) is 6.23. The third kappa shape index (κ3) is 5.47. The number of carbonyl (C=O) groups excluding carboxylic acids is 2. The normalized spacial score (nSPS) is 16.9. The number of anilines is 1. The Balaban J connectivity index is 1.54. The van der Waals surface area contributed by atoms with Crippen molar-refractivity contribution in [2.45, 2.75) is 25.1 Å². The number of nitrogens with zero attached hydrogens (tertiary/aromatic N) is 2. The summed E-state index contributed by atoms with van der Waals surface area (Å²) in [5, 5.41) is 2.70. The number of carbonyl (C=O) groups is 2. The van der Waals surface area contributed by atoms with Crippen molar-refractivity contribution in [1.82, 2.24) is 9.88 Å². The zero-order valence-electron chi connectivity index (χ0n) is 15.3. The van der Waals surface area contributed by atoms with E-state index in [1.165, 1.54) is 6.92 Å². The number of aromatic nitrogens is 1. The molecule has 6 nitrogen and oxygen atoms in total. The molecule has 1 saturated heterocycles. The first-order valence-electron chi connectivity index (χ1n) is 8.96. The Bertz CT molecular complexity index is 785. The Morgan fingerprint density at radius 1 is 1.33 bits per heavy atom. The highest BCUT2D eigenvalue weighted by molar-refractivity contribution is 7.99. The maximum absolute atomic E-state index is 12.4. The van der Waals surface area contributed by atoms with Crippen molar-refractivity contribution in [3.8, 4) is 5.75 Å². The van der Waals surface area contributed by atoms with Crippen LogP contribution in [0.3, 0.4) is 0 Å². The van der Waals surface area contributed by atoms with E-state index >= 15 is 0 Å². The lowest BCUT2D eigenvalue weighted by Crippen LogP contribution is -2.38. The van der Waals surface area contributed by atoms with E-state index in [9.17, 15) is 9.59 Å². The maximum atomic E-state index is 12.4. The van der Waals surface area contributed by atoms with Crippen LogP contribution in [0.15, 0.2) is 48.7 Å². The van der Waals surface area contributed by atoms with Crippen LogP contribution in [-0.2, 0) is 9.59 Å². The number of hydrogen-bond donors (Lipinski definition) is 1. The van der Waals surface area contributed by atoms with Crippen molar-refractivity contribution in [2.75, 3.05) is 24.2 Å². The van der Waals surface area contributed by atoms with Gasteiger partial charge in [0.15, 0.2) is 0 Å². The lowest BCUT2D eigenvalue weighted by atomic mass is 10.2. The van der Waals surface area contributed by atoms with E-state index in [1.54, 1.807) is 24.0 Å². The number of nitrogens with one attached hydrogen (secondary N) is 1. The SMILES string of the molecule is CC(=O)Nc1cccc(OCCCN2C(=O)CCSC2c2ccccn2)c1. The summed E-state index contributed by atoms with van der Waals surface area (Å²) in [6.07, 6.45) is 3.05. The van der Waals surface area contributed by atoms with E-state index in [0.717, 1.165) is 17.9 Å². The fourth-order valence-corrected chi connectivity index (χ4v) is 4.15. The molecule has 1 aliphatic rings. The molecule has 1 aromatic carbocycles. The zero-order valence-corrected chi connectivity index (χ0v) is 16.1. The van der Waals surface area contributed by atoms with Gasteiger partial charge >= 0.3 is 0 Å². The molecule has 27 heavy (non-hydrogen) atoms. The molecule has 0 aliphatic carbocycles. The number of pyridine rings is 1. The van der Waals surface area contributed by atoms with Gasteiger partial charge in [-0.3, -0.25) is 14.6 Å². The van der Waals surface area contributed by atoms with Crippen LogP contribution >= 0.6 is 11.8 Å². The molecule has 3 rings (SSSR count). The summed E-state index contributed by atoms with van der Waals surface area (Å²) in [6.45, 7) is 2.59. The summed E-state index contributed by atoms with van der Waals surface area (Å²) in [4.78, 5) is 29.8. The van der Waals surface area contributed by atoms with Gasteiger partial charge in [0, 0.05) is 43.6 Å². The fourth-order valence-electron chi connectivity index (χ4n) is 2.92. The summed E-state index contributed by atoms with van der Waals surface area (Å²) in [5.41, 5.74) is 1.62. The van der Waals surface area contributed by atoms with E-state index in [4.69, 9.17) is 4.74 Å². The smallest absolute Gasteiger partial charge is 0.224 e. The minimum Gasteiger partial charge on any atom is -0.493 e. The number of thioether (sulfide) groups is 1. The highest BCUT2D eigenvalue weighted by Crippen LogP contribution is 2.36. The molecule has 2 aromatic rings. The molecule has 1 unspecified atom stereocenters. The summed E-state index contributed by atoms with van der Waals surface area (Å²) in [7, 11) is 0. The van der Waals surface area contributed by atoms with Gasteiger partial charge < -0.3 is 15.0 Å². The molecule has 0 radical (unpaired) electrons. The standard InChI is InChI=1S/C20H23N3O3S/c1-15(24)22-16-6-4-7-17(14-16)26-12-5-11-23-19(25)9-13-27-20(23)18-8-2-3-10-21-18/h2-4,6-8,10,14,20H,5,9,11-13H2,1H3,(H,22,24). The number of benzene rings is 1. The average Bonchev–Trinajstić information content (AvgIpc) is 2.66. The van der Waals surface area contributed by atoms with Crippen molar-refractivity contribution in [3.05, 3.63) is 54.4 Å². The van der Waals surface area contributed by atoms with Gasteiger partial charge in [0.25, 0.3) is 0 Å². The minimum atomic E-state index is -0.117. The van der Waals surface area contributed by atoms with Gasteiger partial charge in [0.2, 0.25) is 11.8 Å². The molecule has 1 N–H and O–H groups in total. The molecule has 7 heteroatoms. The third-order valence-electron chi connectivity index (χ3n) is 4.10. The van der Waals surface area contributed by atoms with Crippen LogP contribution in [0.25, 0.3) is 0 Å². The zero-order chi connectivity index (χ0) is 19.1. The first-order valence-corrected chi connectivity index (χ1v) is 10.0. The molecule has 1 fully saturated rings. The van der Waals surface area contributed by atoms with Crippen LogP contribution < -0.4 is 10.1 Å². The largest absolute Gasteiger partial charge is 0.493 e. The van der Waals surface area contributed by atoms with Crippen molar-refractivity contribution in [1.29, 1.82) is 0 Å². The summed E-state index contributed by atoms with van der Waals surface area (Å²) < 4.78 is 5.78. The quantitative estimate of drug-likeness (QED) is 0.739. The Hall–Kier alpha value is -2.54. The lowest BCUT2D eigenvalue weighted by Gasteiger charge is -2.34. The Morgan fingerprint density at radius 2 is 2.22 bits per heavy atom. The van der Waals surface area contributed by atoms with Gasteiger partial charge in [0.1, 0.15) is 11.1 Å². The molecule has 142 valence electrons.